The lowest BCUT2D eigenvalue weighted by molar-refractivity contribution is 0.584. The Balaban J connectivity index is 2.64. The van der Waals surface area contributed by atoms with Gasteiger partial charge in [0.05, 0.1) is 0 Å². The maximum atomic E-state index is 5.62. The highest BCUT2D eigenvalue weighted by atomic mass is 14.6. The summed E-state index contributed by atoms with van der Waals surface area (Å²) in [7, 11) is 0. The number of pyridine rings is 1. The molecule has 1 heterocycles. The van der Waals surface area contributed by atoms with Crippen molar-refractivity contribution >= 4 is 0 Å². The molecule has 2 N–H and O–H groups in total. The average molecular weight is 178 g/mol. The molecule has 0 aromatic carbocycles. The minimum Gasteiger partial charge on any atom is -0.326 e. The molecular weight excluding hydrogens is 160 g/mol. The van der Waals surface area contributed by atoms with Crippen molar-refractivity contribution in [2.24, 2.45) is 11.7 Å². The zero-order chi connectivity index (χ0) is 9.68. The van der Waals surface area contributed by atoms with Crippen LogP contribution in [0.15, 0.2) is 18.5 Å². The van der Waals surface area contributed by atoms with Gasteiger partial charge in [0.1, 0.15) is 0 Å². The first-order valence-corrected chi connectivity index (χ1v) is 4.86. The van der Waals surface area contributed by atoms with Crippen molar-refractivity contribution in [3.05, 3.63) is 29.6 Å². The number of nitrogens with two attached hydrogens (primary N) is 1. The summed E-state index contributed by atoms with van der Waals surface area (Å²) in [5, 5.41) is 0. The molecule has 0 fully saturated rings. The Bertz CT molecular complexity index is 256. The second-order valence-electron chi connectivity index (χ2n) is 3.78. The van der Waals surface area contributed by atoms with Gasteiger partial charge in [0.2, 0.25) is 0 Å². The first-order chi connectivity index (χ1) is 6.24. The molecule has 1 aromatic heterocycles. The number of aryl methyl sites for hydroxylation is 1. The molecule has 1 aromatic rings. The number of aromatic nitrogens is 1. The second-order valence-corrected chi connectivity index (χ2v) is 3.78. The molecule has 0 aliphatic heterocycles. The Morgan fingerprint density at radius 2 is 2.15 bits per heavy atom. The van der Waals surface area contributed by atoms with Crippen LogP contribution in [-0.4, -0.2) is 4.98 Å². The van der Waals surface area contributed by atoms with E-state index >= 15 is 0 Å². The molecule has 0 amide bonds. The van der Waals surface area contributed by atoms with E-state index < -0.39 is 0 Å². The highest BCUT2D eigenvalue weighted by Gasteiger charge is 2.01. The fraction of sp³-hybridized carbons (Fsp3) is 0.545. The summed E-state index contributed by atoms with van der Waals surface area (Å²) in [5.41, 5.74) is 8.15. The highest BCUT2D eigenvalue weighted by Crippen LogP contribution is 2.12. The second kappa shape index (κ2) is 4.97. The van der Waals surface area contributed by atoms with Gasteiger partial charge in [-0.15, -0.1) is 0 Å². The van der Waals surface area contributed by atoms with Crippen LogP contribution in [0.2, 0.25) is 0 Å². The zero-order valence-corrected chi connectivity index (χ0v) is 8.46. The van der Waals surface area contributed by atoms with E-state index in [1.165, 1.54) is 17.5 Å². The molecule has 0 aliphatic rings. The van der Waals surface area contributed by atoms with Gasteiger partial charge in [-0.3, -0.25) is 4.98 Å². The molecule has 0 unspecified atom stereocenters. The summed E-state index contributed by atoms with van der Waals surface area (Å²) < 4.78 is 0. The normalized spacial score (nSPS) is 10.8. The van der Waals surface area contributed by atoms with Gasteiger partial charge in [-0.1, -0.05) is 13.8 Å². The number of hydrogen-bond donors (Lipinski definition) is 1. The molecule has 2 heteroatoms. The summed E-state index contributed by atoms with van der Waals surface area (Å²) in [5.74, 6) is 0.749. The Labute approximate surface area is 80.2 Å². The maximum absolute atomic E-state index is 5.62. The Kier molecular flexibility index (Phi) is 3.90. The Morgan fingerprint density at radius 1 is 1.38 bits per heavy atom. The van der Waals surface area contributed by atoms with E-state index in [0.29, 0.717) is 6.54 Å². The zero-order valence-electron chi connectivity index (χ0n) is 8.46. The van der Waals surface area contributed by atoms with E-state index in [-0.39, 0.29) is 0 Å². The minimum absolute atomic E-state index is 0.598. The van der Waals surface area contributed by atoms with Crippen molar-refractivity contribution in [3.8, 4) is 0 Å². The van der Waals surface area contributed by atoms with Gasteiger partial charge in [0.15, 0.2) is 0 Å². The number of rotatable bonds is 4. The highest BCUT2D eigenvalue weighted by molar-refractivity contribution is 5.22. The van der Waals surface area contributed by atoms with Gasteiger partial charge in [0, 0.05) is 18.9 Å². The summed E-state index contributed by atoms with van der Waals surface area (Å²) in [4.78, 5) is 4.06. The predicted molar refractivity (Wildman–Crippen MR) is 55.3 cm³/mol. The van der Waals surface area contributed by atoms with Crippen LogP contribution in [0.25, 0.3) is 0 Å². The summed E-state index contributed by atoms with van der Waals surface area (Å²) >= 11 is 0. The van der Waals surface area contributed by atoms with Gasteiger partial charge in [-0.2, -0.15) is 0 Å². The summed E-state index contributed by atoms with van der Waals surface area (Å²) in [6.45, 7) is 5.08. The molecule has 0 radical (unpaired) electrons. The average Bonchev–Trinajstić information content (AvgIpc) is 2.15. The summed E-state index contributed by atoms with van der Waals surface area (Å²) in [6, 6.07) is 2.07. The molecule has 0 saturated carbocycles. The van der Waals surface area contributed by atoms with E-state index in [4.69, 9.17) is 5.73 Å². The molecule has 0 spiro atoms. The lowest BCUT2D eigenvalue weighted by Gasteiger charge is -2.08. The van der Waals surface area contributed by atoms with Crippen molar-refractivity contribution in [2.75, 3.05) is 0 Å². The molecule has 0 atom stereocenters. The van der Waals surface area contributed by atoms with E-state index in [1.54, 1.807) is 0 Å². The molecule has 2 nitrogen and oxygen atoms in total. The third-order valence-corrected chi connectivity index (χ3v) is 2.22. The molecule has 0 bridgehead atoms. The minimum atomic E-state index is 0.598. The topological polar surface area (TPSA) is 38.9 Å². The lowest BCUT2D eigenvalue weighted by atomic mass is 10.0. The van der Waals surface area contributed by atoms with Crippen LogP contribution in [0.5, 0.6) is 0 Å². The predicted octanol–water partition coefficient (Wildman–Crippen LogP) is 2.13. The third kappa shape index (κ3) is 3.15. The first-order valence-electron chi connectivity index (χ1n) is 4.86. The van der Waals surface area contributed by atoms with Crippen LogP contribution >= 0.6 is 0 Å². The van der Waals surface area contributed by atoms with Gasteiger partial charge in [0.25, 0.3) is 0 Å². The molecular formula is C11H18N2. The van der Waals surface area contributed by atoms with Gasteiger partial charge < -0.3 is 5.73 Å². The van der Waals surface area contributed by atoms with E-state index in [9.17, 15) is 0 Å². The van der Waals surface area contributed by atoms with E-state index in [0.717, 1.165) is 12.3 Å². The third-order valence-electron chi connectivity index (χ3n) is 2.22. The summed E-state index contributed by atoms with van der Waals surface area (Å²) in [6.07, 6.45) is 6.05. The van der Waals surface area contributed by atoms with Crippen LogP contribution in [0.1, 0.15) is 31.4 Å². The van der Waals surface area contributed by atoms with Crippen LogP contribution in [0.3, 0.4) is 0 Å². The van der Waals surface area contributed by atoms with E-state index in [1.807, 2.05) is 12.4 Å². The largest absolute Gasteiger partial charge is 0.326 e. The lowest BCUT2D eigenvalue weighted by Crippen LogP contribution is -2.03. The molecule has 1 rings (SSSR count). The van der Waals surface area contributed by atoms with Crippen molar-refractivity contribution in [1.29, 1.82) is 0 Å². The SMILES string of the molecule is CC(C)CCc1ccncc1CN. The van der Waals surface area contributed by atoms with Crippen LogP contribution in [-0.2, 0) is 13.0 Å². The fourth-order valence-electron chi connectivity index (χ4n) is 1.33. The van der Waals surface area contributed by atoms with Gasteiger partial charge in [-0.05, 0) is 36.0 Å². The van der Waals surface area contributed by atoms with Crippen molar-refractivity contribution in [3.63, 3.8) is 0 Å². The molecule has 72 valence electrons. The standard InChI is InChI=1S/C11H18N2/c1-9(2)3-4-10-5-6-13-8-11(10)7-12/h5-6,8-9H,3-4,7,12H2,1-2H3. The quantitative estimate of drug-likeness (QED) is 0.767. The number of hydrogen-bond acceptors (Lipinski definition) is 2. The molecule has 13 heavy (non-hydrogen) atoms. The van der Waals surface area contributed by atoms with Crippen LogP contribution < -0.4 is 5.73 Å². The van der Waals surface area contributed by atoms with Crippen LogP contribution in [0, 0.1) is 5.92 Å². The van der Waals surface area contributed by atoms with Crippen molar-refractivity contribution in [1.82, 2.24) is 4.98 Å². The van der Waals surface area contributed by atoms with E-state index in [2.05, 4.69) is 24.9 Å². The van der Waals surface area contributed by atoms with Gasteiger partial charge >= 0.3 is 0 Å². The molecule has 0 saturated heterocycles. The number of nitrogens with zero attached hydrogens (tertiary/aromatic N) is 1. The van der Waals surface area contributed by atoms with Crippen LogP contribution in [0.4, 0.5) is 0 Å². The van der Waals surface area contributed by atoms with Gasteiger partial charge in [-0.25, -0.2) is 0 Å². The van der Waals surface area contributed by atoms with Crippen molar-refractivity contribution in [2.45, 2.75) is 33.2 Å². The monoisotopic (exact) mass is 178 g/mol. The smallest absolute Gasteiger partial charge is 0.0315 e. The first kappa shape index (κ1) is 10.2. The Morgan fingerprint density at radius 3 is 2.77 bits per heavy atom. The Hall–Kier alpha value is -0.890. The maximum Gasteiger partial charge on any atom is 0.0315 e. The molecule has 0 aliphatic carbocycles. The van der Waals surface area contributed by atoms with Crippen molar-refractivity contribution < 1.29 is 0 Å². The fourth-order valence-corrected chi connectivity index (χ4v) is 1.33.